The Bertz CT molecular complexity index is 1030. The summed E-state index contributed by atoms with van der Waals surface area (Å²) in [6.45, 7) is 3.50. The summed E-state index contributed by atoms with van der Waals surface area (Å²) in [5, 5.41) is 4.14. The van der Waals surface area contributed by atoms with E-state index in [1.807, 2.05) is 55.5 Å². The quantitative estimate of drug-likeness (QED) is 0.674. The van der Waals surface area contributed by atoms with Gasteiger partial charge >= 0.3 is 0 Å². The van der Waals surface area contributed by atoms with Crippen molar-refractivity contribution in [2.75, 3.05) is 5.01 Å². The molecule has 1 aliphatic heterocycles. The topological polar surface area (TPSA) is 78.5 Å². The van der Waals surface area contributed by atoms with Crippen LogP contribution in [0, 0.1) is 5.92 Å². The highest BCUT2D eigenvalue weighted by molar-refractivity contribution is 6.06. The summed E-state index contributed by atoms with van der Waals surface area (Å²) in [5.74, 6) is -0.553. The van der Waals surface area contributed by atoms with Crippen molar-refractivity contribution in [2.45, 2.75) is 70.8 Å². The molecular formula is C27H33N3O3. The van der Waals surface area contributed by atoms with Crippen LogP contribution in [-0.4, -0.2) is 23.8 Å². The van der Waals surface area contributed by atoms with Crippen LogP contribution in [0.4, 0.5) is 5.69 Å². The molecule has 1 aliphatic carbocycles. The molecule has 1 fully saturated rings. The first kappa shape index (κ1) is 23.0. The smallest absolute Gasteiger partial charge is 0.261 e. The molecular weight excluding hydrogens is 414 g/mol. The number of anilines is 1. The fraction of sp³-hybridized carbons (Fsp3) is 0.444. The van der Waals surface area contributed by atoms with Crippen molar-refractivity contribution in [3.8, 4) is 11.1 Å². The summed E-state index contributed by atoms with van der Waals surface area (Å²) in [4.78, 5) is 38.8. The first-order chi connectivity index (χ1) is 16.0. The SMILES string of the molecule is CC1C(=O)N(NC(=O)[C@H](C)NC(=O)CCC2CCCCC2)c2ccccc2-c2ccccc21. The van der Waals surface area contributed by atoms with E-state index in [2.05, 4.69) is 10.7 Å². The van der Waals surface area contributed by atoms with Crippen LogP contribution in [0.2, 0.25) is 0 Å². The van der Waals surface area contributed by atoms with Gasteiger partial charge in [0.1, 0.15) is 6.04 Å². The predicted molar refractivity (Wildman–Crippen MR) is 129 cm³/mol. The van der Waals surface area contributed by atoms with E-state index in [1.54, 1.807) is 6.92 Å². The highest BCUT2D eigenvalue weighted by Crippen LogP contribution is 2.40. The van der Waals surface area contributed by atoms with Gasteiger partial charge in [-0.05, 0) is 43.4 Å². The number of hydrazine groups is 1. The Labute approximate surface area is 195 Å². The first-order valence-electron chi connectivity index (χ1n) is 12.1. The van der Waals surface area contributed by atoms with Gasteiger partial charge in [-0.2, -0.15) is 0 Å². The Morgan fingerprint density at radius 3 is 2.42 bits per heavy atom. The van der Waals surface area contributed by atoms with E-state index < -0.39 is 17.9 Å². The molecule has 0 bridgehead atoms. The highest BCUT2D eigenvalue weighted by Gasteiger charge is 2.33. The number of fused-ring (bicyclic) bond motifs is 3. The van der Waals surface area contributed by atoms with Crippen molar-refractivity contribution < 1.29 is 14.4 Å². The maximum absolute atomic E-state index is 13.4. The van der Waals surface area contributed by atoms with E-state index in [0.717, 1.165) is 23.1 Å². The number of carbonyl (C=O) groups excluding carboxylic acids is 3. The highest BCUT2D eigenvalue weighted by atomic mass is 16.2. The van der Waals surface area contributed by atoms with Gasteiger partial charge in [-0.25, -0.2) is 5.01 Å². The van der Waals surface area contributed by atoms with Gasteiger partial charge in [0, 0.05) is 12.0 Å². The van der Waals surface area contributed by atoms with Crippen LogP contribution in [0.1, 0.15) is 70.3 Å². The molecule has 2 atom stereocenters. The average molecular weight is 448 g/mol. The summed E-state index contributed by atoms with van der Waals surface area (Å²) in [6, 6.07) is 14.6. The number of para-hydroxylation sites is 1. The molecule has 0 aromatic heterocycles. The molecule has 0 radical (unpaired) electrons. The summed E-state index contributed by atoms with van der Waals surface area (Å²) < 4.78 is 0. The molecule has 0 spiro atoms. The molecule has 3 amide bonds. The number of nitrogens with one attached hydrogen (secondary N) is 2. The van der Waals surface area contributed by atoms with E-state index in [-0.39, 0.29) is 11.8 Å². The first-order valence-corrected chi connectivity index (χ1v) is 12.1. The lowest BCUT2D eigenvalue weighted by Crippen LogP contribution is -2.54. The minimum atomic E-state index is -0.746. The van der Waals surface area contributed by atoms with E-state index in [4.69, 9.17) is 0 Å². The molecule has 1 saturated carbocycles. The Kier molecular flexibility index (Phi) is 7.11. The Balaban J connectivity index is 1.44. The van der Waals surface area contributed by atoms with Crippen LogP contribution in [0.25, 0.3) is 11.1 Å². The monoisotopic (exact) mass is 447 g/mol. The maximum atomic E-state index is 13.4. The largest absolute Gasteiger partial charge is 0.345 e. The van der Waals surface area contributed by atoms with Crippen molar-refractivity contribution in [3.05, 3.63) is 54.1 Å². The minimum absolute atomic E-state index is 0.119. The summed E-state index contributed by atoms with van der Waals surface area (Å²) in [5.41, 5.74) is 6.19. The van der Waals surface area contributed by atoms with Crippen LogP contribution in [0.3, 0.4) is 0 Å². The van der Waals surface area contributed by atoms with E-state index in [0.29, 0.717) is 18.0 Å². The number of amides is 3. The predicted octanol–water partition coefficient (Wildman–Crippen LogP) is 4.70. The van der Waals surface area contributed by atoms with Gasteiger partial charge in [0.25, 0.3) is 11.8 Å². The van der Waals surface area contributed by atoms with E-state index in [1.165, 1.54) is 37.1 Å². The van der Waals surface area contributed by atoms with Gasteiger partial charge in [-0.15, -0.1) is 0 Å². The Morgan fingerprint density at radius 2 is 1.67 bits per heavy atom. The lowest BCUT2D eigenvalue weighted by molar-refractivity contribution is -0.130. The van der Waals surface area contributed by atoms with Crippen molar-refractivity contribution >= 4 is 23.4 Å². The lowest BCUT2D eigenvalue weighted by atomic mass is 9.86. The lowest BCUT2D eigenvalue weighted by Gasteiger charge is -2.27. The maximum Gasteiger partial charge on any atom is 0.261 e. The number of benzene rings is 2. The standard InChI is InChI=1S/C27H33N3O3/c1-18-21-12-6-7-13-22(21)23-14-8-9-15-24(23)30(27(18)33)29-26(32)19(2)28-25(31)17-16-20-10-4-3-5-11-20/h6-9,12-15,18-20H,3-5,10-11,16-17H2,1-2H3,(H,28,31)(H,29,32)/t18?,19-/m0/s1. The van der Waals surface area contributed by atoms with Crippen LogP contribution in [0.5, 0.6) is 0 Å². The van der Waals surface area contributed by atoms with Crippen molar-refractivity contribution in [3.63, 3.8) is 0 Å². The molecule has 6 heteroatoms. The molecule has 174 valence electrons. The normalized spacial score (nSPS) is 19.2. The average Bonchev–Trinajstić information content (AvgIpc) is 2.93. The molecule has 6 nitrogen and oxygen atoms in total. The van der Waals surface area contributed by atoms with Gasteiger partial charge < -0.3 is 5.32 Å². The molecule has 2 aromatic rings. The summed E-state index contributed by atoms with van der Waals surface area (Å²) >= 11 is 0. The number of hydrogen-bond donors (Lipinski definition) is 2. The van der Waals surface area contributed by atoms with Gasteiger partial charge in [-0.3, -0.25) is 19.8 Å². The van der Waals surface area contributed by atoms with E-state index in [9.17, 15) is 14.4 Å². The number of hydrogen-bond acceptors (Lipinski definition) is 3. The van der Waals surface area contributed by atoms with Crippen molar-refractivity contribution in [1.82, 2.24) is 10.7 Å². The second-order valence-electron chi connectivity index (χ2n) is 9.31. The van der Waals surface area contributed by atoms with Crippen molar-refractivity contribution in [1.29, 1.82) is 0 Å². The van der Waals surface area contributed by atoms with Crippen molar-refractivity contribution in [2.24, 2.45) is 5.92 Å². The molecule has 4 rings (SSSR count). The number of nitrogens with zero attached hydrogens (tertiary/aromatic N) is 1. The second-order valence-corrected chi connectivity index (χ2v) is 9.31. The van der Waals surface area contributed by atoms with Gasteiger partial charge in [0.05, 0.1) is 11.6 Å². The van der Waals surface area contributed by atoms with E-state index >= 15 is 0 Å². The molecule has 2 N–H and O–H groups in total. The molecule has 1 unspecified atom stereocenters. The zero-order valence-corrected chi connectivity index (χ0v) is 19.5. The van der Waals surface area contributed by atoms with Crippen LogP contribution in [-0.2, 0) is 14.4 Å². The fourth-order valence-electron chi connectivity index (χ4n) is 4.97. The molecule has 2 aromatic carbocycles. The van der Waals surface area contributed by atoms with Crippen LogP contribution < -0.4 is 15.8 Å². The number of rotatable bonds is 6. The Morgan fingerprint density at radius 1 is 1.00 bits per heavy atom. The molecule has 0 saturated heterocycles. The number of carbonyl (C=O) groups is 3. The summed E-state index contributed by atoms with van der Waals surface area (Å²) in [7, 11) is 0. The second kappa shape index (κ2) is 10.2. The third kappa shape index (κ3) is 5.10. The van der Waals surface area contributed by atoms with Crippen LogP contribution >= 0.6 is 0 Å². The Hall–Kier alpha value is -3.15. The molecule has 2 aliphatic rings. The summed E-state index contributed by atoms with van der Waals surface area (Å²) in [6.07, 6.45) is 7.48. The van der Waals surface area contributed by atoms with Gasteiger partial charge in [0.2, 0.25) is 5.91 Å². The third-order valence-corrected chi connectivity index (χ3v) is 6.95. The minimum Gasteiger partial charge on any atom is -0.345 e. The fourth-order valence-corrected chi connectivity index (χ4v) is 4.97. The zero-order chi connectivity index (χ0) is 23.4. The van der Waals surface area contributed by atoms with Crippen LogP contribution in [0.15, 0.2) is 48.5 Å². The van der Waals surface area contributed by atoms with Gasteiger partial charge in [0.15, 0.2) is 0 Å². The third-order valence-electron chi connectivity index (χ3n) is 6.95. The van der Waals surface area contributed by atoms with Gasteiger partial charge in [-0.1, -0.05) is 74.6 Å². The molecule has 1 heterocycles. The molecule has 33 heavy (non-hydrogen) atoms. The zero-order valence-electron chi connectivity index (χ0n) is 19.5.